The second-order valence-electron chi connectivity index (χ2n) is 5.90. The first-order chi connectivity index (χ1) is 9.22. The number of nitrogens with one attached hydrogen (secondary N) is 1. The van der Waals surface area contributed by atoms with Crippen molar-refractivity contribution in [3.05, 3.63) is 12.1 Å². The van der Waals surface area contributed by atoms with Gasteiger partial charge in [0.05, 0.1) is 17.7 Å². The molecule has 1 aromatic heterocycles. The summed E-state index contributed by atoms with van der Waals surface area (Å²) >= 11 is 0. The van der Waals surface area contributed by atoms with Crippen LogP contribution in [0.3, 0.4) is 0 Å². The number of anilines is 2. The number of nitrogens with zero attached hydrogens (tertiary/aromatic N) is 1. The lowest BCUT2D eigenvalue weighted by Crippen LogP contribution is -2.37. The van der Waals surface area contributed by atoms with Crippen molar-refractivity contribution in [1.82, 2.24) is 4.98 Å². The summed E-state index contributed by atoms with van der Waals surface area (Å²) in [5.41, 5.74) is 11.0. The van der Waals surface area contributed by atoms with Crippen molar-refractivity contribution in [3.63, 3.8) is 0 Å². The standard InChI is InChI=1S/C14H24N4O2/c1-9(2)7-20-12-10(15)5-6-11(18-12)17-8-14(3,4)13(16)19/h5-6,9H,7-8,15H2,1-4H3,(H2,16,19)(H,17,18). The highest BCUT2D eigenvalue weighted by Gasteiger charge is 2.24. The minimum Gasteiger partial charge on any atom is -0.476 e. The van der Waals surface area contributed by atoms with Crippen LogP contribution in [0.25, 0.3) is 0 Å². The van der Waals surface area contributed by atoms with E-state index in [9.17, 15) is 4.79 Å². The van der Waals surface area contributed by atoms with Gasteiger partial charge in [-0.25, -0.2) is 0 Å². The number of carbonyl (C=O) groups is 1. The monoisotopic (exact) mass is 280 g/mol. The number of aromatic nitrogens is 1. The van der Waals surface area contributed by atoms with E-state index in [0.29, 0.717) is 36.5 Å². The molecule has 1 rings (SSSR count). The average molecular weight is 280 g/mol. The Bertz CT molecular complexity index is 472. The van der Waals surface area contributed by atoms with Crippen LogP contribution in [0.15, 0.2) is 12.1 Å². The van der Waals surface area contributed by atoms with Gasteiger partial charge in [-0.2, -0.15) is 4.98 Å². The van der Waals surface area contributed by atoms with Crippen LogP contribution in [-0.4, -0.2) is 24.0 Å². The maximum Gasteiger partial charge on any atom is 0.239 e. The zero-order chi connectivity index (χ0) is 15.3. The van der Waals surface area contributed by atoms with Crippen LogP contribution < -0.4 is 21.5 Å². The van der Waals surface area contributed by atoms with E-state index in [4.69, 9.17) is 16.2 Å². The summed E-state index contributed by atoms with van der Waals surface area (Å²) in [6.07, 6.45) is 0. The first-order valence-electron chi connectivity index (χ1n) is 6.65. The van der Waals surface area contributed by atoms with Gasteiger partial charge in [-0.15, -0.1) is 0 Å². The van der Waals surface area contributed by atoms with Gasteiger partial charge in [0.15, 0.2) is 0 Å². The highest BCUT2D eigenvalue weighted by Crippen LogP contribution is 2.22. The molecule has 0 bridgehead atoms. The molecule has 1 aromatic rings. The summed E-state index contributed by atoms with van der Waals surface area (Å²) in [7, 11) is 0. The zero-order valence-corrected chi connectivity index (χ0v) is 12.6. The van der Waals surface area contributed by atoms with Crippen molar-refractivity contribution < 1.29 is 9.53 Å². The first kappa shape index (κ1) is 16.1. The van der Waals surface area contributed by atoms with Crippen molar-refractivity contribution in [2.75, 3.05) is 24.2 Å². The fourth-order valence-corrected chi connectivity index (χ4v) is 1.31. The molecule has 112 valence electrons. The molecule has 0 radical (unpaired) electrons. The van der Waals surface area contributed by atoms with Crippen LogP contribution in [0.1, 0.15) is 27.7 Å². The summed E-state index contributed by atoms with van der Waals surface area (Å²) in [6.45, 7) is 8.59. The lowest BCUT2D eigenvalue weighted by Gasteiger charge is -2.21. The minimum absolute atomic E-state index is 0.364. The number of pyridine rings is 1. The smallest absolute Gasteiger partial charge is 0.239 e. The summed E-state index contributed by atoms with van der Waals surface area (Å²) in [4.78, 5) is 15.6. The van der Waals surface area contributed by atoms with Gasteiger partial charge in [0, 0.05) is 6.54 Å². The van der Waals surface area contributed by atoms with Crippen LogP contribution in [-0.2, 0) is 4.79 Å². The zero-order valence-electron chi connectivity index (χ0n) is 12.6. The van der Waals surface area contributed by atoms with Gasteiger partial charge in [-0.1, -0.05) is 13.8 Å². The van der Waals surface area contributed by atoms with E-state index < -0.39 is 5.41 Å². The lowest BCUT2D eigenvalue weighted by molar-refractivity contribution is -0.125. The first-order valence-corrected chi connectivity index (χ1v) is 6.65. The number of hydrogen-bond donors (Lipinski definition) is 3. The van der Waals surface area contributed by atoms with Crippen LogP contribution in [0, 0.1) is 11.3 Å². The van der Waals surface area contributed by atoms with E-state index in [-0.39, 0.29) is 5.91 Å². The molecule has 0 saturated heterocycles. The van der Waals surface area contributed by atoms with Crippen molar-refractivity contribution in [2.45, 2.75) is 27.7 Å². The highest BCUT2D eigenvalue weighted by atomic mass is 16.5. The third-order valence-corrected chi connectivity index (χ3v) is 2.82. The van der Waals surface area contributed by atoms with Gasteiger partial charge in [0.25, 0.3) is 0 Å². The van der Waals surface area contributed by atoms with Gasteiger partial charge >= 0.3 is 0 Å². The number of primary amides is 1. The Hall–Kier alpha value is -1.98. The SMILES string of the molecule is CC(C)COc1nc(NCC(C)(C)C(N)=O)ccc1N. The van der Waals surface area contributed by atoms with E-state index >= 15 is 0 Å². The molecular formula is C14H24N4O2. The van der Waals surface area contributed by atoms with Crippen LogP contribution in [0.5, 0.6) is 5.88 Å². The molecule has 0 saturated carbocycles. The second kappa shape index (κ2) is 6.45. The molecule has 5 N–H and O–H groups in total. The third-order valence-electron chi connectivity index (χ3n) is 2.82. The maximum atomic E-state index is 11.3. The Morgan fingerprint density at radius 3 is 2.65 bits per heavy atom. The molecule has 0 aliphatic carbocycles. The number of hydrogen-bond acceptors (Lipinski definition) is 5. The predicted octanol–water partition coefficient (Wildman–Crippen LogP) is 1.62. The Labute approximate surface area is 119 Å². The molecule has 1 amide bonds. The Morgan fingerprint density at radius 2 is 2.10 bits per heavy atom. The number of nitrogens with two attached hydrogens (primary N) is 2. The molecule has 0 aliphatic rings. The molecule has 0 aromatic carbocycles. The second-order valence-corrected chi connectivity index (χ2v) is 5.90. The number of carbonyl (C=O) groups excluding carboxylic acids is 1. The lowest BCUT2D eigenvalue weighted by atomic mass is 9.93. The minimum atomic E-state index is -0.651. The molecule has 0 unspecified atom stereocenters. The van der Waals surface area contributed by atoms with Gasteiger partial charge in [0.2, 0.25) is 11.8 Å². The van der Waals surface area contributed by atoms with E-state index in [1.807, 2.05) is 13.8 Å². The molecular weight excluding hydrogens is 256 g/mol. The Balaban J connectivity index is 2.72. The van der Waals surface area contributed by atoms with E-state index in [2.05, 4.69) is 10.3 Å². The van der Waals surface area contributed by atoms with E-state index in [1.54, 1.807) is 26.0 Å². The van der Waals surface area contributed by atoms with Crippen LogP contribution >= 0.6 is 0 Å². The van der Waals surface area contributed by atoms with Gasteiger partial charge in [0.1, 0.15) is 5.82 Å². The maximum absolute atomic E-state index is 11.3. The van der Waals surface area contributed by atoms with Crippen molar-refractivity contribution >= 4 is 17.4 Å². The number of ether oxygens (including phenoxy) is 1. The van der Waals surface area contributed by atoms with E-state index in [0.717, 1.165) is 0 Å². The quantitative estimate of drug-likeness (QED) is 0.704. The molecule has 0 atom stereocenters. The normalized spacial score (nSPS) is 11.4. The number of nitrogen functional groups attached to an aromatic ring is 1. The summed E-state index contributed by atoms with van der Waals surface area (Å²) in [6, 6.07) is 3.47. The Kier molecular flexibility index (Phi) is 5.19. The third kappa shape index (κ3) is 4.60. The predicted molar refractivity (Wildman–Crippen MR) is 80.4 cm³/mol. The molecule has 0 spiro atoms. The number of rotatable bonds is 7. The topological polar surface area (TPSA) is 103 Å². The average Bonchev–Trinajstić information content (AvgIpc) is 2.36. The highest BCUT2D eigenvalue weighted by molar-refractivity contribution is 5.80. The van der Waals surface area contributed by atoms with Crippen molar-refractivity contribution in [1.29, 1.82) is 0 Å². The van der Waals surface area contributed by atoms with Gasteiger partial charge in [-0.05, 0) is 31.9 Å². The van der Waals surface area contributed by atoms with Crippen molar-refractivity contribution in [3.8, 4) is 5.88 Å². The van der Waals surface area contributed by atoms with Gasteiger partial charge < -0.3 is 21.5 Å². The molecule has 1 heterocycles. The van der Waals surface area contributed by atoms with Crippen LogP contribution in [0.4, 0.5) is 11.5 Å². The molecule has 6 heteroatoms. The molecule has 0 aliphatic heterocycles. The van der Waals surface area contributed by atoms with Crippen molar-refractivity contribution in [2.24, 2.45) is 17.1 Å². The largest absolute Gasteiger partial charge is 0.476 e. The fraction of sp³-hybridized carbons (Fsp3) is 0.571. The molecule has 20 heavy (non-hydrogen) atoms. The van der Waals surface area contributed by atoms with Crippen LogP contribution in [0.2, 0.25) is 0 Å². The van der Waals surface area contributed by atoms with Gasteiger partial charge in [-0.3, -0.25) is 4.79 Å². The summed E-state index contributed by atoms with van der Waals surface area (Å²) in [5, 5.41) is 3.07. The molecule has 6 nitrogen and oxygen atoms in total. The Morgan fingerprint density at radius 1 is 1.45 bits per heavy atom. The molecule has 0 fully saturated rings. The summed E-state index contributed by atoms with van der Waals surface area (Å²) < 4.78 is 5.55. The summed E-state index contributed by atoms with van der Waals surface area (Å²) in [5.74, 6) is 1.03. The number of amides is 1. The fourth-order valence-electron chi connectivity index (χ4n) is 1.31. The van der Waals surface area contributed by atoms with E-state index in [1.165, 1.54) is 0 Å².